The molecule has 24 heavy (non-hydrogen) atoms. The number of rotatable bonds is 5. The summed E-state index contributed by atoms with van der Waals surface area (Å²) >= 11 is 3.61. The van der Waals surface area contributed by atoms with E-state index < -0.39 is 0 Å². The Kier molecular flexibility index (Phi) is 5.60. The molecule has 1 aliphatic rings. The van der Waals surface area contributed by atoms with Gasteiger partial charge in [-0.3, -0.25) is 19.9 Å². The highest BCUT2D eigenvalue weighted by Gasteiger charge is 2.18. The molecule has 0 aromatic heterocycles. The van der Waals surface area contributed by atoms with Crippen molar-refractivity contribution in [1.82, 2.24) is 9.80 Å². The van der Waals surface area contributed by atoms with E-state index in [0.717, 1.165) is 44.8 Å². The quantitative estimate of drug-likeness (QED) is 0.578. The van der Waals surface area contributed by atoms with Crippen molar-refractivity contribution < 1.29 is 4.92 Å². The second kappa shape index (κ2) is 7.88. The van der Waals surface area contributed by atoms with Crippen LogP contribution in [-0.4, -0.2) is 40.9 Å². The van der Waals surface area contributed by atoms with Gasteiger partial charge in [0.25, 0.3) is 5.69 Å². The van der Waals surface area contributed by atoms with Gasteiger partial charge in [-0.25, -0.2) is 0 Å². The van der Waals surface area contributed by atoms with Gasteiger partial charge in [-0.05, 0) is 17.2 Å². The van der Waals surface area contributed by atoms with Crippen molar-refractivity contribution in [2.45, 2.75) is 13.1 Å². The van der Waals surface area contributed by atoms with Crippen molar-refractivity contribution in [3.63, 3.8) is 0 Å². The van der Waals surface area contributed by atoms with Crippen LogP contribution in [0.15, 0.2) is 53.0 Å². The molecule has 0 spiro atoms. The average molecular weight is 390 g/mol. The third-order valence-electron chi connectivity index (χ3n) is 4.37. The first kappa shape index (κ1) is 17.1. The molecule has 0 aliphatic carbocycles. The van der Waals surface area contributed by atoms with E-state index >= 15 is 0 Å². The van der Waals surface area contributed by atoms with Gasteiger partial charge in [0.1, 0.15) is 0 Å². The molecule has 1 heterocycles. The van der Waals surface area contributed by atoms with Crippen LogP contribution in [0.5, 0.6) is 0 Å². The summed E-state index contributed by atoms with van der Waals surface area (Å²) in [5.41, 5.74) is 2.60. The molecule has 126 valence electrons. The molecule has 1 fully saturated rings. The summed E-state index contributed by atoms with van der Waals surface area (Å²) in [5, 5.41) is 10.7. The van der Waals surface area contributed by atoms with Gasteiger partial charge < -0.3 is 0 Å². The number of piperazine rings is 1. The van der Waals surface area contributed by atoms with Crippen LogP contribution in [0.4, 0.5) is 5.69 Å². The molecule has 0 N–H and O–H groups in total. The number of nitrogens with zero attached hydrogens (tertiary/aromatic N) is 3. The minimum atomic E-state index is -0.357. The number of nitro groups is 1. The molecular formula is C18H20BrN3O2. The van der Waals surface area contributed by atoms with Crippen molar-refractivity contribution in [3.05, 3.63) is 74.2 Å². The Morgan fingerprint density at radius 2 is 1.50 bits per heavy atom. The van der Waals surface area contributed by atoms with Gasteiger partial charge in [0.15, 0.2) is 0 Å². The fourth-order valence-electron chi connectivity index (χ4n) is 2.95. The number of benzene rings is 2. The zero-order valence-electron chi connectivity index (χ0n) is 13.4. The Hall–Kier alpha value is -1.76. The first-order chi connectivity index (χ1) is 11.6. The molecule has 0 unspecified atom stereocenters. The Balaban J connectivity index is 1.50. The smallest absolute Gasteiger partial charge is 0.269 e. The van der Waals surface area contributed by atoms with E-state index in [1.165, 1.54) is 10.0 Å². The van der Waals surface area contributed by atoms with Crippen LogP contribution in [0.2, 0.25) is 0 Å². The highest BCUT2D eigenvalue weighted by atomic mass is 79.9. The minimum Gasteiger partial charge on any atom is -0.297 e. The lowest BCUT2D eigenvalue weighted by atomic mass is 10.1. The summed E-state index contributed by atoms with van der Waals surface area (Å²) in [4.78, 5) is 15.2. The highest BCUT2D eigenvalue weighted by molar-refractivity contribution is 9.10. The van der Waals surface area contributed by atoms with Gasteiger partial charge in [0, 0.05) is 55.9 Å². The molecule has 6 heteroatoms. The van der Waals surface area contributed by atoms with Gasteiger partial charge >= 0.3 is 0 Å². The predicted molar refractivity (Wildman–Crippen MR) is 97.8 cm³/mol. The van der Waals surface area contributed by atoms with E-state index in [1.807, 2.05) is 18.2 Å². The van der Waals surface area contributed by atoms with Gasteiger partial charge in [-0.15, -0.1) is 0 Å². The summed E-state index contributed by atoms with van der Waals surface area (Å²) in [6.07, 6.45) is 0. The maximum Gasteiger partial charge on any atom is 0.269 e. The van der Waals surface area contributed by atoms with E-state index in [1.54, 1.807) is 12.1 Å². The number of nitro benzene ring substituents is 1. The Labute approximate surface area is 150 Å². The predicted octanol–water partition coefficient (Wildman–Crippen LogP) is 3.68. The molecule has 0 saturated carbocycles. The normalized spacial score (nSPS) is 16.2. The molecule has 5 nitrogen and oxygen atoms in total. The van der Waals surface area contributed by atoms with E-state index in [2.05, 4.69) is 43.9 Å². The van der Waals surface area contributed by atoms with Crippen molar-refractivity contribution in [2.24, 2.45) is 0 Å². The lowest BCUT2D eigenvalue weighted by molar-refractivity contribution is -0.384. The van der Waals surface area contributed by atoms with Gasteiger partial charge in [-0.1, -0.05) is 46.3 Å². The standard InChI is InChI=1S/C18H20BrN3O2/c19-18-4-2-1-3-16(18)14-21-11-9-20(10-12-21)13-15-5-7-17(8-6-15)22(23)24/h1-8H,9-14H2. The molecule has 1 saturated heterocycles. The van der Waals surface area contributed by atoms with Crippen LogP contribution in [-0.2, 0) is 13.1 Å². The van der Waals surface area contributed by atoms with E-state index in [-0.39, 0.29) is 10.6 Å². The van der Waals surface area contributed by atoms with Crippen molar-refractivity contribution >= 4 is 21.6 Å². The lowest BCUT2D eigenvalue weighted by Gasteiger charge is -2.34. The van der Waals surface area contributed by atoms with Crippen LogP contribution >= 0.6 is 15.9 Å². The summed E-state index contributed by atoms with van der Waals surface area (Å²) in [5.74, 6) is 0. The van der Waals surface area contributed by atoms with Crippen molar-refractivity contribution in [3.8, 4) is 0 Å². The Morgan fingerprint density at radius 1 is 0.917 bits per heavy atom. The fourth-order valence-corrected chi connectivity index (χ4v) is 3.36. The second-order valence-corrected chi connectivity index (χ2v) is 6.92. The van der Waals surface area contributed by atoms with Crippen LogP contribution < -0.4 is 0 Å². The molecule has 2 aromatic rings. The number of hydrogen-bond donors (Lipinski definition) is 0. The molecule has 3 rings (SSSR count). The molecular weight excluding hydrogens is 370 g/mol. The number of hydrogen-bond acceptors (Lipinski definition) is 4. The largest absolute Gasteiger partial charge is 0.297 e. The summed E-state index contributed by atoms with van der Waals surface area (Å²) < 4.78 is 1.17. The van der Waals surface area contributed by atoms with Crippen LogP contribution in [0.3, 0.4) is 0 Å². The lowest BCUT2D eigenvalue weighted by Crippen LogP contribution is -2.45. The Morgan fingerprint density at radius 3 is 2.08 bits per heavy atom. The van der Waals surface area contributed by atoms with E-state index in [4.69, 9.17) is 0 Å². The first-order valence-corrected chi connectivity index (χ1v) is 8.82. The summed E-state index contributed by atoms with van der Waals surface area (Å²) in [6.45, 7) is 5.92. The topological polar surface area (TPSA) is 49.6 Å². The molecule has 0 atom stereocenters. The summed E-state index contributed by atoms with van der Waals surface area (Å²) in [7, 11) is 0. The zero-order valence-corrected chi connectivity index (χ0v) is 15.0. The van der Waals surface area contributed by atoms with Gasteiger partial charge in [0.2, 0.25) is 0 Å². The minimum absolute atomic E-state index is 0.150. The molecule has 0 bridgehead atoms. The Bertz CT molecular complexity index is 698. The van der Waals surface area contributed by atoms with Crippen molar-refractivity contribution in [1.29, 1.82) is 0 Å². The average Bonchev–Trinajstić information content (AvgIpc) is 2.59. The third-order valence-corrected chi connectivity index (χ3v) is 5.14. The van der Waals surface area contributed by atoms with Crippen LogP contribution in [0.25, 0.3) is 0 Å². The molecule has 2 aromatic carbocycles. The van der Waals surface area contributed by atoms with Gasteiger partial charge in [-0.2, -0.15) is 0 Å². The second-order valence-electron chi connectivity index (χ2n) is 6.07. The molecule has 0 amide bonds. The van der Waals surface area contributed by atoms with Gasteiger partial charge in [0.05, 0.1) is 4.92 Å². The maximum atomic E-state index is 10.7. The SMILES string of the molecule is O=[N+]([O-])c1ccc(CN2CCN(Cc3ccccc3Br)CC2)cc1. The van der Waals surface area contributed by atoms with Crippen molar-refractivity contribution in [2.75, 3.05) is 26.2 Å². The number of non-ortho nitro benzene ring substituents is 1. The van der Waals surface area contributed by atoms with E-state index in [9.17, 15) is 10.1 Å². The highest BCUT2D eigenvalue weighted by Crippen LogP contribution is 2.19. The number of halogens is 1. The van der Waals surface area contributed by atoms with Crippen LogP contribution in [0.1, 0.15) is 11.1 Å². The first-order valence-electron chi connectivity index (χ1n) is 8.03. The fraction of sp³-hybridized carbons (Fsp3) is 0.333. The maximum absolute atomic E-state index is 10.7. The molecule has 1 aliphatic heterocycles. The zero-order chi connectivity index (χ0) is 16.9. The summed E-state index contributed by atoms with van der Waals surface area (Å²) in [6, 6.07) is 15.2. The monoisotopic (exact) mass is 389 g/mol. The third kappa shape index (κ3) is 4.41. The molecule has 0 radical (unpaired) electrons. The van der Waals surface area contributed by atoms with Crippen LogP contribution in [0, 0.1) is 10.1 Å². The van der Waals surface area contributed by atoms with E-state index in [0.29, 0.717) is 0 Å².